The van der Waals surface area contributed by atoms with Gasteiger partial charge in [0.05, 0.1) is 17.1 Å². The number of aromatic nitrogens is 2. The van der Waals surface area contributed by atoms with Gasteiger partial charge in [0, 0.05) is 6.54 Å². The molecule has 1 aromatic rings. The zero-order valence-electron chi connectivity index (χ0n) is 7.87. The normalized spacial score (nSPS) is 11.4. The number of rotatable bonds is 4. The van der Waals surface area contributed by atoms with Crippen molar-refractivity contribution in [1.82, 2.24) is 8.75 Å². The predicted octanol–water partition coefficient (Wildman–Crippen LogP) is 1.11. The summed E-state index contributed by atoms with van der Waals surface area (Å²) in [6.45, 7) is 3.87. The zero-order chi connectivity index (χ0) is 10.8. The Morgan fingerprint density at radius 3 is 2.71 bits per heavy atom. The van der Waals surface area contributed by atoms with E-state index >= 15 is 0 Å². The first-order valence-electron chi connectivity index (χ1n) is 3.95. The molecule has 1 amide bonds. The molecule has 0 atom stereocenters. The number of nitrogens with one attached hydrogen (secondary N) is 1. The number of primary amides is 1. The van der Waals surface area contributed by atoms with Crippen molar-refractivity contribution in [2.75, 3.05) is 11.9 Å². The van der Waals surface area contributed by atoms with E-state index in [1.807, 2.05) is 0 Å². The Kier molecular flexibility index (Phi) is 3.28. The molecule has 0 bridgehead atoms. The van der Waals surface area contributed by atoms with Gasteiger partial charge in [-0.1, -0.05) is 11.6 Å². The number of hydrogen-bond donors (Lipinski definition) is 2. The minimum absolute atomic E-state index is 0.315. The highest BCUT2D eigenvalue weighted by Gasteiger charge is 2.25. The van der Waals surface area contributed by atoms with Crippen LogP contribution in [0.4, 0.5) is 5.82 Å². The lowest BCUT2D eigenvalue weighted by molar-refractivity contribution is -0.125. The number of carbonyl (C=O) groups is 1. The van der Waals surface area contributed by atoms with Crippen molar-refractivity contribution in [3.8, 4) is 0 Å². The van der Waals surface area contributed by atoms with Crippen LogP contribution in [0, 0.1) is 5.41 Å². The van der Waals surface area contributed by atoms with Crippen molar-refractivity contribution in [2.24, 2.45) is 11.1 Å². The van der Waals surface area contributed by atoms with Crippen LogP contribution in [0.2, 0.25) is 5.15 Å². The van der Waals surface area contributed by atoms with E-state index in [1.165, 1.54) is 0 Å². The van der Waals surface area contributed by atoms with E-state index in [1.54, 1.807) is 13.8 Å². The molecule has 5 nitrogen and oxygen atoms in total. The summed E-state index contributed by atoms with van der Waals surface area (Å²) < 4.78 is 7.69. The van der Waals surface area contributed by atoms with E-state index in [9.17, 15) is 4.79 Å². The summed E-state index contributed by atoms with van der Waals surface area (Å²) in [4.78, 5) is 11.0. The highest BCUT2D eigenvalue weighted by Crippen LogP contribution is 2.20. The summed E-state index contributed by atoms with van der Waals surface area (Å²) in [5, 5.41) is 3.23. The summed E-state index contributed by atoms with van der Waals surface area (Å²) in [7, 11) is 0. The molecule has 0 saturated carbocycles. The maximum Gasteiger partial charge on any atom is 0.224 e. The van der Waals surface area contributed by atoms with Crippen molar-refractivity contribution < 1.29 is 4.79 Å². The molecule has 0 saturated heterocycles. The van der Waals surface area contributed by atoms with Crippen LogP contribution in [0.25, 0.3) is 0 Å². The molecule has 7 heteroatoms. The molecular formula is C7H11ClN4OS. The van der Waals surface area contributed by atoms with Gasteiger partial charge in [0.2, 0.25) is 5.91 Å². The average Bonchev–Trinajstić information content (AvgIpc) is 2.47. The van der Waals surface area contributed by atoms with Crippen LogP contribution in [0.1, 0.15) is 13.8 Å². The highest BCUT2D eigenvalue weighted by atomic mass is 35.5. The maximum absolute atomic E-state index is 11.0. The van der Waals surface area contributed by atoms with Crippen LogP contribution in [0.15, 0.2) is 0 Å². The second kappa shape index (κ2) is 4.10. The average molecular weight is 235 g/mol. The molecule has 1 heterocycles. The van der Waals surface area contributed by atoms with E-state index in [4.69, 9.17) is 17.3 Å². The molecule has 78 valence electrons. The Labute approximate surface area is 91.0 Å². The Balaban J connectivity index is 2.57. The van der Waals surface area contributed by atoms with Gasteiger partial charge in [0.15, 0.2) is 11.0 Å². The third kappa shape index (κ3) is 2.55. The molecule has 0 spiro atoms. The summed E-state index contributed by atoms with van der Waals surface area (Å²) in [6.07, 6.45) is 0. The monoisotopic (exact) mass is 234 g/mol. The van der Waals surface area contributed by atoms with Crippen LogP contribution in [0.5, 0.6) is 0 Å². The highest BCUT2D eigenvalue weighted by molar-refractivity contribution is 6.99. The number of nitrogens with two attached hydrogens (primary N) is 1. The Hall–Kier alpha value is -0.880. The standard InChI is InChI=1S/C7H11ClN4OS/c1-7(2,6(9)13)3-10-5-4(8)11-14-12-5/h3H2,1-2H3,(H2,9,13)(H,10,12). The van der Waals surface area contributed by atoms with Gasteiger partial charge in [-0.2, -0.15) is 8.75 Å². The number of hydrogen-bond acceptors (Lipinski definition) is 5. The van der Waals surface area contributed by atoms with Crippen LogP contribution in [-0.4, -0.2) is 21.2 Å². The summed E-state index contributed by atoms with van der Waals surface area (Å²) in [5.41, 5.74) is 4.57. The molecule has 0 fully saturated rings. The first-order valence-corrected chi connectivity index (χ1v) is 5.06. The van der Waals surface area contributed by atoms with Crippen molar-refractivity contribution >= 4 is 35.1 Å². The van der Waals surface area contributed by atoms with Crippen molar-refractivity contribution in [1.29, 1.82) is 0 Å². The maximum atomic E-state index is 11.0. The van der Waals surface area contributed by atoms with Gasteiger partial charge in [-0.3, -0.25) is 4.79 Å². The van der Waals surface area contributed by atoms with Crippen molar-refractivity contribution in [3.63, 3.8) is 0 Å². The molecule has 0 aliphatic carbocycles. The molecule has 14 heavy (non-hydrogen) atoms. The fraction of sp³-hybridized carbons (Fsp3) is 0.571. The second-order valence-corrected chi connectivity index (χ2v) is 4.39. The molecule has 0 radical (unpaired) electrons. The number of nitrogens with zero attached hydrogens (tertiary/aromatic N) is 2. The minimum atomic E-state index is -0.632. The quantitative estimate of drug-likeness (QED) is 0.818. The summed E-state index contributed by atoms with van der Waals surface area (Å²) in [5.74, 6) is 0.121. The van der Waals surface area contributed by atoms with Gasteiger partial charge >= 0.3 is 0 Å². The Morgan fingerprint density at radius 2 is 2.29 bits per heavy atom. The molecular weight excluding hydrogens is 224 g/mol. The van der Waals surface area contributed by atoms with Gasteiger partial charge in [0.25, 0.3) is 0 Å². The molecule has 0 aliphatic rings. The molecule has 0 aliphatic heterocycles. The van der Waals surface area contributed by atoms with E-state index in [0.29, 0.717) is 17.5 Å². The van der Waals surface area contributed by atoms with Crippen LogP contribution in [0.3, 0.4) is 0 Å². The van der Waals surface area contributed by atoms with Crippen molar-refractivity contribution in [3.05, 3.63) is 5.15 Å². The van der Waals surface area contributed by atoms with Crippen molar-refractivity contribution in [2.45, 2.75) is 13.8 Å². The van der Waals surface area contributed by atoms with Gasteiger partial charge in [-0.25, -0.2) is 0 Å². The number of amides is 1. The lowest BCUT2D eigenvalue weighted by Crippen LogP contribution is -2.37. The smallest absolute Gasteiger partial charge is 0.224 e. The van der Waals surface area contributed by atoms with Gasteiger partial charge in [-0.15, -0.1) is 0 Å². The minimum Gasteiger partial charge on any atom is -0.369 e. The van der Waals surface area contributed by atoms with Gasteiger partial charge in [-0.05, 0) is 13.8 Å². The molecule has 0 unspecified atom stereocenters. The van der Waals surface area contributed by atoms with Crippen LogP contribution >= 0.6 is 23.3 Å². The van der Waals surface area contributed by atoms with Gasteiger partial charge < -0.3 is 11.1 Å². The van der Waals surface area contributed by atoms with Crippen LogP contribution < -0.4 is 11.1 Å². The van der Waals surface area contributed by atoms with Crippen LogP contribution in [-0.2, 0) is 4.79 Å². The van der Waals surface area contributed by atoms with Gasteiger partial charge in [0.1, 0.15) is 0 Å². The third-order valence-electron chi connectivity index (χ3n) is 1.81. The lowest BCUT2D eigenvalue weighted by atomic mass is 9.93. The zero-order valence-corrected chi connectivity index (χ0v) is 9.45. The SMILES string of the molecule is CC(C)(CNc1nsnc1Cl)C(N)=O. The Bertz CT molecular complexity index is 338. The predicted molar refractivity (Wildman–Crippen MR) is 56.4 cm³/mol. The van der Waals surface area contributed by atoms with E-state index < -0.39 is 5.41 Å². The summed E-state index contributed by atoms with van der Waals surface area (Å²) in [6, 6.07) is 0. The largest absolute Gasteiger partial charge is 0.369 e. The number of halogens is 1. The Morgan fingerprint density at radius 1 is 1.64 bits per heavy atom. The molecule has 1 rings (SSSR count). The molecule has 3 N–H and O–H groups in total. The first kappa shape index (κ1) is 11.2. The van der Waals surface area contributed by atoms with E-state index in [-0.39, 0.29) is 5.91 Å². The number of carbonyl (C=O) groups excluding carboxylic acids is 1. The second-order valence-electron chi connectivity index (χ2n) is 3.51. The first-order chi connectivity index (χ1) is 6.43. The van der Waals surface area contributed by atoms with E-state index in [2.05, 4.69) is 14.1 Å². The lowest BCUT2D eigenvalue weighted by Gasteiger charge is -2.20. The van der Waals surface area contributed by atoms with E-state index in [0.717, 1.165) is 11.7 Å². The topological polar surface area (TPSA) is 80.9 Å². The molecule has 0 aromatic carbocycles. The fourth-order valence-corrected chi connectivity index (χ4v) is 1.36. The summed E-state index contributed by atoms with van der Waals surface area (Å²) >= 11 is 6.72. The molecule has 1 aromatic heterocycles. The third-order valence-corrected chi connectivity index (χ3v) is 2.71. The number of anilines is 1. The fourth-order valence-electron chi connectivity index (χ4n) is 0.675.